The van der Waals surface area contributed by atoms with Gasteiger partial charge < -0.3 is 14.5 Å². The number of aromatic nitrogens is 2. The monoisotopic (exact) mass is 395 g/mol. The van der Waals surface area contributed by atoms with Gasteiger partial charge in [-0.25, -0.2) is 0 Å². The Kier molecular flexibility index (Phi) is 6.80. The first-order valence-electron chi connectivity index (χ1n) is 8.73. The molecule has 0 atom stereocenters. The van der Waals surface area contributed by atoms with Gasteiger partial charge in [0.05, 0.1) is 5.75 Å². The van der Waals surface area contributed by atoms with Gasteiger partial charge in [0.2, 0.25) is 5.91 Å². The average molecular weight is 396 g/mol. The summed E-state index contributed by atoms with van der Waals surface area (Å²) >= 11 is 7.17. The van der Waals surface area contributed by atoms with Gasteiger partial charge in [0.1, 0.15) is 5.75 Å². The third-order valence-corrected chi connectivity index (χ3v) is 5.29. The highest BCUT2D eigenvalue weighted by Gasteiger charge is 2.17. The molecule has 1 aromatic carbocycles. The normalized spacial score (nSPS) is 15.0. The molecule has 0 unspecified atom stereocenters. The Morgan fingerprint density at radius 2 is 2.15 bits per heavy atom. The predicted molar refractivity (Wildman–Crippen MR) is 101 cm³/mol. The zero-order valence-corrected chi connectivity index (χ0v) is 16.2. The second-order valence-electron chi connectivity index (χ2n) is 6.35. The summed E-state index contributed by atoms with van der Waals surface area (Å²) in [4.78, 5) is 12.0. The number of benzene rings is 1. The molecule has 1 aliphatic rings. The van der Waals surface area contributed by atoms with Gasteiger partial charge in [0.15, 0.2) is 6.61 Å². The molecule has 6 nitrogen and oxygen atoms in total. The van der Waals surface area contributed by atoms with Crippen LogP contribution >= 0.6 is 23.4 Å². The largest absolute Gasteiger partial charge is 0.484 e. The number of carbonyl (C=O) groups excluding carboxylic acids is 1. The zero-order chi connectivity index (χ0) is 18.4. The van der Waals surface area contributed by atoms with Crippen molar-refractivity contribution >= 4 is 29.3 Å². The molecule has 140 valence electrons. The lowest BCUT2D eigenvalue weighted by atomic mass is 9.95. The lowest BCUT2D eigenvalue weighted by Gasteiger charge is -2.22. The molecule has 0 spiro atoms. The third kappa shape index (κ3) is 5.64. The van der Waals surface area contributed by atoms with Crippen LogP contribution in [0.5, 0.6) is 5.75 Å². The number of nitrogens with zero attached hydrogens (tertiary/aromatic N) is 2. The first-order chi connectivity index (χ1) is 12.6. The van der Waals surface area contributed by atoms with Gasteiger partial charge in [-0.2, -0.15) is 0 Å². The van der Waals surface area contributed by atoms with Crippen LogP contribution in [0.25, 0.3) is 0 Å². The summed E-state index contributed by atoms with van der Waals surface area (Å²) in [6, 6.07) is 5.71. The van der Waals surface area contributed by atoms with E-state index in [1.807, 2.05) is 13.0 Å². The highest BCUT2D eigenvalue weighted by atomic mass is 35.5. The van der Waals surface area contributed by atoms with Gasteiger partial charge in [-0.3, -0.25) is 4.79 Å². The molecular weight excluding hydrogens is 374 g/mol. The molecule has 0 radical (unpaired) electrons. The molecule has 1 fully saturated rings. The second-order valence-corrected chi connectivity index (χ2v) is 7.71. The van der Waals surface area contributed by atoms with Crippen molar-refractivity contribution in [3.05, 3.63) is 34.7 Å². The van der Waals surface area contributed by atoms with Gasteiger partial charge in [0, 0.05) is 11.1 Å². The number of rotatable bonds is 7. The van der Waals surface area contributed by atoms with Crippen LogP contribution in [0.1, 0.15) is 43.6 Å². The van der Waals surface area contributed by atoms with E-state index in [1.54, 1.807) is 12.1 Å². The van der Waals surface area contributed by atoms with Gasteiger partial charge in [-0.15, -0.1) is 10.2 Å². The van der Waals surface area contributed by atoms with Gasteiger partial charge >= 0.3 is 0 Å². The first kappa shape index (κ1) is 19.0. The van der Waals surface area contributed by atoms with E-state index < -0.39 is 0 Å². The van der Waals surface area contributed by atoms with E-state index in [0.29, 0.717) is 27.9 Å². The van der Waals surface area contributed by atoms with Crippen molar-refractivity contribution in [1.29, 1.82) is 0 Å². The number of hydrogen-bond acceptors (Lipinski definition) is 6. The van der Waals surface area contributed by atoms with Gasteiger partial charge in [-0.05, 0) is 43.5 Å². The Hall–Kier alpha value is -1.73. The van der Waals surface area contributed by atoms with E-state index in [0.717, 1.165) is 18.4 Å². The molecule has 1 heterocycles. The third-order valence-electron chi connectivity index (χ3n) is 4.23. The van der Waals surface area contributed by atoms with Crippen molar-refractivity contribution in [2.45, 2.75) is 56.9 Å². The Balaban J connectivity index is 1.43. The highest BCUT2D eigenvalue weighted by Crippen LogP contribution is 2.23. The second kappa shape index (κ2) is 9.28. The molecule has 8 heteroatoms. The summed E-state index contributed by atoms with van der Waals surface area (Å²) in [7, 11) is 0. The molecule has 3 rings (SSSR count). The van der Waals surface area contributed by atoms with Crippen LogP contribution in [0.4, 0.5) is 0 Å². The predicted octanol–water partition coefficient (Wildman–Crippen LogP) is 4.15. The van der Waals surface area contributed by atoms with Crippen LogP contribution in [0, 0.1) is 6.92 Å². The van der Waals surface area contributed by atoms with Crippen molar-refractivity contribution in [2.75, 3.05) is 5.75 Å². The molecule has 2 aromatic rings. The van der Waals surface area contributed by atoms with E-state index in [9.17, 15) is 4.79 Å². The molecule has 0 saturated heterocycles. The summed E-state index contributed by atoms with van der Waals surface area (Å²) in [6.45, 7) is 2.09. The fraction of sp³-hybridized carbons (Fsp3) is 0.500. The summed E-state index contributed by atoms with van der Waals surface area (Å²) < 4.78 is 11.2. The fourth-order valence-electron chi connectivity index (χ4n) is 2.91. The lowest BCUT2D eigenvalue weighted by Crippen LogP contribution is -2.37. The summed E-state index contributed by atoms with van der Waals surface area (Å²) in [5, 5.41) is 12.0. The molecule has 1 saturated carbocycles. The zero-order valence-electron chi connectivity index (χ0n) is 14.7. The van der Waals surface area contributed by atoms with Crippen LogP contribution < -0.4 is 10.1 Å². The summed E-state index contributed by atoms with van der Waals surface area (Å²) in [6.07, 6.45) is 5.80. The van der Waals surface area contributed by atoms with Crippen molar-refractivity contribution in [1.82, 2.24) is 15.5 Å². The average Bonchev–Trinajstić information content (AvgIpc) is 3.08. The quantitative estimate of drug-likeness (QED) is 0.709. The van der Waals surface area contributed by atoms with Crippen molar-refractivity contribution in [3.8, 4) is 5.75 Å². The minimum absolute atomic E-state index is 0.00897. The number of amides is 1. The number of thioether (sulfide) groups is 1. The molecule has 26 heavy (non-hydrogen) atoms. The molecule has 0 bridgehead atoms. The number of halogens is 1. The molecule has 1 N–H and O–H groups in total. The van der Waals surface area contributed by atoms with E-state index >= 15 is 0 Å². The molecule has 1 amide bonds. The van der Waals surface area contributed by atoms with Crippen molar-refractivity contribution in [2.24, 2.45) is 0 Å². The van der Waals surface area contributed by atoms with Gasteiger partial charge in [0.25, 0.3) is 11.1 Å². The molecular formula is C18H22ClN3O3S. The molecule has 1 aromatic heterocycles. The summed E-state index contributed by atoms with van der Waals surface area (Å²) in [5.41, 5.74) is 0.936. The smallest absolute Gasteiger partial charge is 0.277 e. The van der Waals surface area contributed by atoms with Crippen molar-refractivity contribution < 1.29 is 13.9 Å². The topological polar surface area (TPSA) is 77.2 Å². The molecule has 1 aliphatic carbocycles. The number of aryl methyl sites for hydroxylation is 1. The number of carbonyl (C=O) groups is 1. The van der Waals surface area contributed by atoms with E-state index in [2.05, 4.69) is 15.5 Å². The standard InChI is InChI=1S/C18H22ClN3O3S/c1-12-9-13(19)7-8-15(12)24-10-17-21-22-18(25-17)26-11-16(23)20-14-5-3-2-4-6-14/h7-9,14H,2-6,10-11H2,1H3,(H,20,23). The first-order valence-corrected chi connectivity index (χ1v) is 10.1. The SMILES string of the molecule is Cc1cc(Cl)ccc1OCc1nnc(SCC(=O)NC2CCCCC2)o1. The highest BCUT2D eigenvalue weighted by molar-refractivity contribution is 7.99. The number of nitrogens with one attached hydrogen (secondary N) is 1. The van der Waals surface area contributed by atoms with Crippen molar-refractivity contribution in [3.63, 3.8) is 0 Å². The van der Waals surface area contributed by atoms with Crippen LogP contribution in [0.3, 0.4) is 0 Å². The molecule has 0 aliphatic heterocycles. The Bertz CT molecular complexity index is 747. The lowest BCUT2D eigenvalue weighted by molar-refractivity contribution is -0.119. The number of ether oxygens (including phenoxy) is 1. The summed E-state index contributed by atoms with van der Waals surface area (Å²) in [5.74, 6) is 1.37. The number of hydrogen-bond donors (Lipinski definition) is 1. The minimum Gasteiger partial charge on any atom is -0.484 e. The van der Waals surface area contributed by atoms with Crippen LogP contribution in [-0.4, -0.2) is 27.9 Å². The Morgan fingerprint density at radius 3 is 2.92 bits per heavy atom. The van der Waals surface area contributed by atoms with Crippen LogP contribution in [0.15, 0.2) is 27.8 Å². The van der Waals surface area contributed by atoms with E-state index in [4.69, 9.17) is 20.8 Å². The van der Waals surface area contributed by atoms with E-state index in [1.165, 1.54) is 31.0 Å². The maximum Gasteiger partial charge on any atom is 0.277 e. The van der Waals surface area contributed by atoms with Crippen LogP contribution in [-0.2, 0) is 11.4 Å². The Morgan fingerprint density at radius 1 is 1.35 bits per heavy atom. The fourth-order valence-corrected chi connectivity index (χ4v) is 3.73. The van der Waals surface area contributed by atoms with E-state index in [-0.39, 0.29) is 18.3 Å². The maximum atomic E-state index is 12.0. The minimum atomic E-state index is 0.00897. The maximum absolute atomic E-state index is 12.0. The van der Waals surface area contributed by atoms with Crippen LogP contribution in [0.2, 0.25) is 5.02 Å². The van der Waals surface area contributed by atoms with Gasteiger partial charge in [-0.1, -0.05) is 42.6 Å². The Labute approximate surface area is 162 Å².